The topological polar surface area (TPSA) is 144 Å². The molecule has 2 aliphatic heterocycles. The lowest BCUT2D eigenvalue weighted by Gasteiger charge is -2.62. The van der Waals surface area contributed by atoms with Crippen LogP contribution in [-0.2, 0) is 53.3 Å². The van der Waals surface area contributed by atoms with Crippen molar-refractivity contribution in [1.29, 1.82) is 0 Å². The highest BCUT2D eigenvalue weighted by Gasteiger charge is 2.74. The third-order valence-electron chi connectivity index (χ3n) is 10.6. The molecule has 1 saturated heterocycles. The first-order valence-electron chi connectivity index (χ1n) is 17.2. The minimum atomic E-state index is -1.08. The summed E-state index contributed by atoms with van der Waals surface area (Å²) in [7, 11) is 2.01. The Balaban J connectivity index is 1.08. The number of nitrogens with zero attached hydrogens (tertiary/aromatic N) is 1. The summed E-state index contributed by atoms with van der Waals surface area (Å²) in [4.78, 5) is 54.0. The van der Waals surface area contributed by atoms with Crippen molar-refractivity contribution in [2.45, 2.75) is 68.1 Å². The molecule has 7 rings (SSSR count). The zero-order valence-electron chi connectivity index (χ0n) is 28.0. The molecule has 2 bridgehead atoms. The van der Waals surface area contributed by atoms with Gasteiger partial charge in [0.15, 0.2) is 17.6 Å². The Morgan fingerprint density at radius 3 is 2.14 bits per heavy atom. The summed E-state index contributed by atoms with van der Waals surface area (Å²) < 4.78 is 19.0. The van der Waals surface area contributed by atoms with Crippen molar-refractivity contribution < 1.29 is 38.5 Å². The van der Waals surface area contributed by atoms with Gasteiger partial charge in [0.05, 0.1) is 37.1 Å². The van der Waals surface area contributed by atoms with Gasteiger partial charge in [-0.05, 0) is 55.3 Å². The number of hydrogen-bond acceptors (Lipinski definition) is 9. The molecule has 3 aromatic carbocycles. The van der Waals surface area contributed by atoms with Crippen LogP contribution in [-0.4, -0.2) is 78.2 Å². The third-order valence-corrected chi connectivity index (χ3v) is 10.6. The zero-order valence-corrected chi connectivity index (χ0v) is 28.0. The Labute approximate surface area is 290 Å². The lowest BCUT2D eigenvalue weighted by molar-refractivity contribution is -0.206. The number of carbonyl (C=O) groups is 4. The smallest absolute Gasteiger partial charge is 0.312 e. The van der Waals surface area contributed by atoms with Gasteiger partial charge in [-0.15, -0.1) is 0 Å². The van der Waals surface area contributed by atoms with Crippen molar-refractivity contribution in [3.63, 3.8) is 0 Å². The molecular formula is C39H41N3O8. The van der Waals surface area contributed by atoms with Crippen molar-refractivity contribution in [1.82, 2.24) is 15.5 Å². The molecule has 11 heteroatoms. The van der Waals surface area contributed by atoms with Gasteiger partial charge in [-0.1, -0.05) is 66.7 Å². The molecule has 0 aromatic heterocycles. The van der Waals surface area contributed by atoms with E-state index >= 15 is 0 Å². The first-order valence-corrected chi connectivity index (χ1v) is 17.2. The van der Waals surface area contributed by atoms with Gasteiger partial charge in [-0.25, -0.2) is 0 Å². The van der Waals surface area contributed by atoms with Crippen LogP contribution >= 0.6 is 0 Å². The molecule has 1 spiro atoms. The molecule has 0 unspecified atom stereocenters. The molecule has 11 nitrogen and oxygen atoms in total. The quantitative estimate of drug-likeness (QED) is 0.246. The summed E-state index contributed by atoms with van der Waals surface area (Å²) >= 11 is 0. The van der Waals surface area contributed by atoms with Crippen LogP contribution in [0.5, 0.6) is 11.5 Å². The first-order chi connectivity index (χ1) is 24.2. The number of phenols is 1. The zero-order chi connectivity index (χ0) is 34.9. The molecule has 260 valence electrons. The number of amides is 2. The molecule has 2 amide bonds. The highest BCUT2D eigenvalue weighted by molar-refractivity contribution is 5.80. The molecule has 4 atom stereocenters. The number of rotatable bonds is 12. The van der Waals surface area contributed by atoms with Crippen LogP contribution in [0.1, 0.15) is 47.9 Å². The van der Waals surface area contributed by atoms with Crippen LogP contribution in [0.4, 0.5) is 0 Å². The summed E-state index contributed by atoms with van der Waals surface area (Å²) in [5, 5.41) is 16.6. The Morgan fingerprint density at radius 2 is 1.50 bits per heavy atom. The number of likely N-dealkylation sites (tertiary alicyclic amines) is 1. The van der Waals surface area contributed by atoms with E-state index in [0.29, 0.717) is 30.9 Å². The van der Waals surface area contributed by atoms with Crippen LogP contribution in [0.3, 0.4) is 0 Å². The van der Waals surface area contributed by atoms with Crippen LogP contribution in [0.2, 0.25) is 0 Å². The number of benzene rings is 3. The largest absolute Gasteiger partial charge is 0.504 e. The number of hydrogen-bond donors (Lipinski definition) is 3. The predicted octanol–water partition coefficient (Wildman–Crippen LogP) is 3.26. The van der Waals surface area contributed by atoms with Gasteiger partial charge in [0.1, 0.15) is 11.4 Å². The van der Waals surface area contributed by atoms with Gasteiger partial charge in [-0.3, -0.25) is 24.1 Å². The van der Waals surface area contributed by atoms with Gasteiger partial charge in [0, 0.05) is 25.1 Å². The molecule has 2 aliphatic carbocycles. The number of phenolic OH excluding ortho intramolecular Hbond substituents is 1. The van der Waals surface area contributed by atoms with Crippen molar-refractivity contribution in [2.75, 3.05) is 26.7 Å². The molecule has 3 aromatic rings. The summed E-state index contributed by atoms with van der Waals surface area (Å²) in [5.41, 5.74) is 1.54. The van der Waals surface area contributed by atoms with Gasteiger partial charge >= 0.3 is 11.9 Å². The van der Waals surface area contributed by atoms with Gasteiger partial charge < -0.3 is 30.0 Å². The maximum atomic E-state index is 13.7. The second-order valence-corrected chi connectivity index (χ2v) is 13.5. The van der Waals surface area contributed by atoms with E-state index in [4.69, 9.17) is 14.2 Å². The van der Waals surface area contributed by atoms with Crippen LogP contribution < -0.4 is 15.4 Å². The van der Waals surface area contributed by atoms with Crippen molar-refractivity contribution in [3.8, 4) is 11.5 Å². The van der Waals surface area contributed by atoms with Crippen molar-refractivity contribution in [3.05, 3.63) is 107 Å². The standard InChI is InChI=1S/C39H41N3O8/c1-42-21-18-38-35-27-12-13-28(43)36(35)49-37(38)29(48-33(46)15-19-40-31(44)22-25-8-4-2-5-9-25)14-17-39(38,30(42)24-27)50-34(47)16-20-41-32(45)23-26-10-6-3-7-11-26/h2-14,30,37,43H,15-24H2,1H3,(H,40,44)(H,41,45)/t30-,37+,38+,39-/m1/s1. The molecule has 1 fully saturated rings. The van der Waals surface area contributed by atoms with E-state index in [1.807, 2.05) is 73.8 Å². The Morgan fingerprint density at radius 1 is 0.880 bits per heavy atom. The van der Waals surface area contributed by atoms with E-state index in [1.54, 1.807) is 12.1 Å². The number of likely N-dealkylation sites (N-methyl/N-ethyl adjacent to an activating group) is 1. The number of nitrogens with one attached hydrogen (secondary N) is 2. The average molecular weight is 680 g/mol. The molecule has 0 radical (unpaired) electrons. The van der Waals surface area contributed by atoms with Gasteiger partial charge in [0.25, 0.3) is 0 Å². The third kappa shape index (κ3) is 6.00. The van der Waals surface area contributed by atoms with Gasteiger partial charge in [-0.2, -0.15) is 0 Å². The summed E-state index contributed by atoms with van der Waals surface area (Å²) in [5.74, 6) is -0.778. The van der Waals surface area contributed by atoms with Crippen LogP contribution in [0.15, 0.2) is 84.6 Å². The van der Waals surface area contributed by atoms with E-state index in [2.05, 4.69) is 15.5 Å². The number of carbonyl (C=O) groups excluding carboxylic acids is 4. The fourth-order valence-corrected chi connectivity index (χ4v) is 8.34. The van der Waals surface area contributed by atoms with E-state index in [1.165, 1.54) is 0 Å². The second-order valence-electron chi connectivity index (χ2n) is 13.5. The average Bonchev–Trinajstić information content (AvgIpc) is 3.46. The van der Waals surface area contributed by atoms with Crippen LogP contribution in [0, 0.1) is 0 Å². The maximum Gasteiger partial charge on any atom is 0.312 e. The molecule has 3 N–H and O–H groups in total. The normalized spacial score (nSPS) is 24.2. The summed E-state index contributed by atoms with van der Waals surface area (Å²) in [6.07, 6.45) is 2.64. The molecule has 2 heterocycles. The SMILES string of the molecule is CN1CC[C@]23c4c5ccc(O)c4O[C@H]2C(OC(=O)CCNC(=O)Cc2ccccc2)=CC[C@@]3(OC(=O)CCNC(=O)Cc2ccccc2)[C@H]1C5. The van der Waals surface area contributed by atoms with E-state index in [9.17, 15) is 24.3 Å². The maximum absolute atomic E-state index is 13.7. The number of piperidine rings is 1. The minimum absolute atomic E-state index is 0.0262. The lowest BCUT2D eigenvalue weighted by Crippen LogP contribution is -2.75. The molecule has 4 aliphatic rings. The summed E-state index contributed by atoms with van der Waals surface area (Å²) in [6, 6.07) is 22.0. The molecule has 50 heavy (non-hydrogen) atoms. The van der Waals surface area contributed by atoms with E-state index < -0.39 is 29.1 Å². The Hall–Kier alpha value is -5.16. The molecular weight excluding hydrogens is 638 g/mol. The predicted molar refractivity (Wildman–Crippen MR) is 182 cm³/mol. The second kappa shape index (κ2) is 13.6. The van der Waals surface area contributed by atoms with Crippen LogP contribution in [0.25, 0.3) is 0 Å². The lowest BCUT2D eigenvalue weighted by atomic mass is 9.50. The summed E-state index contributed by atoms with van der Waals surface area (Å²) in [6.45, 7) is 0.899. The highest BCUT2D eigenvalue weighted by atomic mass is 16.6. The monoisotopic (exact) mass is 679 g/mol. The number of ether oxygens (including phenoxy) is 3. The molecule has 0 saturated carbocycles. The minimum Gasteiger partial charge on any atom is -0.504 e. The van der Waals surface area contributed by atoms with E-state index in [0.717, 1.165) is 22.3 Å². The number of aromatic hydroxyl groups is 1. The van der Waals surface area contributed by atoms with E-state index in [-0.39, 0.29) is 68.8 Å². The van der Waals surface area contributed by atoms with Crippen molar-refractivity contribution >= 4 is 23.8 Å². The Bertz CT molecular complexity index is 1830. The highest BCUT2D eigenvalue weighted by Crippen LogP contribution is 2.66. The van der Waals surface area contributed by atoms with Gasteiger partial charge in [0.2, 0.25) is 11.8 Å². The Kier molecular flexibility index (Phi) is 9.09. The van der Waals surface area contributed by atoms with Crippen molar-refractivity contribution in [2.24, 2.45) is 0 Å². The first kappa shape index (κ1) is 33.3. The fourth-order valence-electron chi connectivity index (χ4n) is 8.34. The number of esters is 2. The fraction of sp³-hybridized carbons (Fsp3) is 0.385.